The van der Waals surface area contributed by atoms with E-state index in [4.69, 9.17) is 4.74 Å². The average Bonchev–Trinajstić information content (AvgIpc) is 3.06. The van der Waals surface area contributed by atoms with Crippen LogP contribution in [0.25, 0.3) is 5.57 Å². The molecule has 2 amide bonds. The van der Waals surface area contributed by atoms with E-state index < -0.39 is 17.6 Å². The lowest BCUT2D eigenvalue weighted by molar-refractivity contribution is -0.120. The predicted octanol–water partition coefficient (Wildman–Crippen LogP) is 4.64. The lowest BCUT2D eigenvalue weighted by atomic mass is 10.0. The summed E-state index contributed by atoms with van der Waals surface area (Å²) in [6.45, 7) is 2.82. The van der Waals surface area contributed by atoms with E-state index >= 15 is 0 Å². The summed E-state index contributed by atoms with van der Waals surface area (Å²) in [4.78, 5) is 29.6. The van der Waals surface area contributed by atoms with Crippen molar-refractivity contribution in [1.82, 2.24) is 4.90 Å². The second-order valence-electron chi connectivity index (χ2n) is 7.42. The van der Waals surface area contributed by atoms with Gasteiger partial charge in [-0.25, -0.2) is 9.29 Å². The number of ether oxygens (including phenoxy) is 1. The molecule has 6 heteroatoms. The molecule has 1 heterocycles. The van der Waals surface area contributed by atoms with Gasteiger partial charge in [0, 0.05) is 13.6 Å². The fourth-order valence-electron chi connectivity index (χ4n) is 3.81. The molecule has 0 saturated heterocycles. The molecular weight excluding hydrogens is 407 g/mol. The van der Waals surface area contributed by atoms with E-state index in [1.807, 2.05) is 37.3 Å². The molecule has 0 atom stereocenters. The number of benzene rings is 3. The van der Waals surface area contributed by atoms with Gasteiger partial charge in [0.1, 0.15) is 17.3 Å². The molecule has 1 aliphatic rings. The van der Waals surface area contributed by atoms with Crippen LogP contribution in [-0.2, 0) is 16.1 Å². The van der Waals surface area contributed by atoms with Gasteiger partial charge in [-0.2, -0.15) is 0 Å². The minimum absolute atomic E-state index is 0.0611. The minimum Gasteiger partial charge on any atom is -0.494 e. The van der Waals surface area contributed by atoms with Crippen molar-refractivity contribution in [2.45, 2.75) is 13.5 Å². The number of likely N-dealkylation sites (N-methyl/N-ethyl adjacent to an activating group) is 1. The van der Waals surface area contributed by atoms with E-state index in [9.17, 15) is 14.0 Å². The van der Waals surface area contributed by atoms with Gasteiger partial charge >= 0.3 is 0 Å². The van der Waals surface area contributed by atoms with Crippen molar-refractivity contribution >= 4 is 23.1 Å². The average molecular weight is 430 g/mol. The third-order valence-corrected chi connectivity index (χ3v) is 5.25. The molecular formula is C26H23FN2O3. The Morgan fingerprint density at radius 2 is 1.53 bits per heavy atom. The number of anilines is 1. The molecule has 0 N–H and O–H groups in total. The van der Waals surface area contributed by atoms with Crippen LogP contribution in [0.4, 0.5) is 10.1 Å². The van der Waals surface area contributed by atoms with Crippen LogP contribution in [0.5, 0.6) is 5.75 Å². The number of halogens is 1. The smallest absolute Gasteiger partial charge is 0.282 e. The predicted molar refractivity (Wildman–Crippen MR) is 121 cm³/mol. The number of nitrogens with zero attached hydrogens (tertiary/aromatic N) is 2. The van der Waals surface area contributed by atoms with E-state index in [-0.39, 0.29) is 17.0 Å². The molecule has 0 aromatic heterocycles. The molecule has 3 aromatic rings. The van der Waals surface area contributed by atoms with Gasteiger partial charge in [0.25, 0.3) is 11.8 Å². The molecule has 0 unspecified atom stereocenters. The van der Waals surface area contributed by atoms with Crippen molar-refractivity contribution in [2.24, 2.45) is 0 Å². The van der Waals surface area contributed by atoms with Gasteiger partial charge in [0.15, 0.2) is 0 Å². The van der Waals surface area contributed by atoms with Crippen molar-refractivity contribution in [2.75, 3.05) is 18.6 Å². The first kappa shape index (κ1) is 21.3. The van der Waals surface area contributed by atoms with E-state index in [1.54, 1.807) is 42.3 Å². The van der Waals surface area contributed by atoms with Crippen LogP contribution in [-0.4, -0.2) is 30.4 Å². The highest BCUT2D eigenvalue weighted by atomic mass is 19.1. The van der Waals surface area contributed by atoms with Crippen LogP contribution in [0, 0.1) is 5.82 Å². The highest BCUT2D eigenvalue weighted by Crippen LogP contribution is 2.36. The molecule has 0 saturated carbocycles. The Balaban J connectivity index is 1.79. The summed E-state index contributed by atoms with van der Waals surface area (Å²) >= 11 is 0. The third-order valence-electron chi connectivity index (χ3n) is 5.25. The largest absolute Gasteiger partial charge is 0.494 e. The van der Waals surface area contributed by atoms with Gasteiger partial charge in [0.2, 0.25) is 0 Å². The molecule has 3 aromatic carbocycles. The van der Waals surface area contributed by atoms with E-state index in [0.29, 0.717) is 24.5 Å². The van der Waals surface area contributed by atoms with Crippen molar-refractivity contribution in [3.05, 3.63) is 102 Å². The topological polar surface area (TPSA) is 49.9 Å². The molecule has 162 valence electrons. The Labute approximate surface area is 186 Å². The van der Waals surface area contributed by atoms with E-state index in [0.717, 1.165) is 10.5 Å². The fraction of sp³-hybridized carbons (Fsp3) is 0.154. The highest BCUT2D eigenvalue weighted by molar-refractivity contribution is 6.45. The van der Waals surface area contributed by atoms with Crippen molar-refractivity contribution < 1.29 is 18.7 Å². The SMILES string of the molecule is CCOc1ccc(C2=C(N(C)Cc3ccccc3)C(=O)N(c3ccccc3F)C2=O)cc1. The van der Waals surface area contributed by atoms with Gasteiger partial charge in [-0.15, -0.1) is 0 Å². The first-order valence-electron chi connectivity index (χ1n) is 10.4. The van der Waals surface area contributed by atoms with Crippen molar-refractivity contribution in [3.8, 4) is 5.75 Å². The summed E-state index contributed by atoms with van der Waals surface area (Å²) in [6.07, 6.45) is 0. The highest BCUT2D eigenvalue weighted by Gasteiger charge is 2.42. The maximum absolute atomic E-state index is 14.5. The molecule has 0 aliphatic carbocycles. The van der Waals surface area contributed by atoms with Crippen LogP contribution < -0.4 is 9.64 Å². The van der Waals surface area contributed by atoms with Gasteiger partial charge in [-0.3, -0.25) is 9.59 Å². The number of hydrogen-bond acceptors (Lipinski definition) is 4. The number of carbonyl (C=O) groups excluding carboxylic acids is 2. The van der Waals surface area contributed by atoms with Gasteiger partial charge in [0.05, 0.1) is 17.9 Å². The molecule has 32 heavy (non-hydrogen) atoms. The Morgan fingerprint density at radius 1 is 0.875 bits per heavy atom. The second kappa shape index (κ2) is 9.06. The molecule has 4 rings (SSSR count). The third kappa shape index (κ3) is 3.99. The van der Waals surface area contributed by atoms with Crippen LogP contribution in [0.1, 0.15) is 18.1 Å². The van der Waals surface area contributed by atoms with Gasteiger partial charge in [-0.05, 0) is 42.3 Å². The number of imide groups is 1. The number of amides is 2. The standard InChI is InChI=1S/C26H23FN2O3/c1-3-32-20-15-13-19(14-16-20)23-24(28(2)17-18-9-5-4-6-10-18)26(31)29(25(23)30)22-12-8-7-11-21(22)27/h4-16H,3,17H2,1-2H3. The Bertz CT molecular complexity index is 1170. The Morgan fingerprint density at radius 3 is 2.19 bits per heavy atom. The second-order valence-corrected chi connectivity index (χ2v) is 7.42. The van der Waals surface area contributed by atoms with Crippen molar-refractivity contribution in [1.29, 1.82) is 0 Å². The molecule has 0 spiro atoms. The van der Waals surface area contributed by atoms with Crippen LogP contribution in [0.3, 0.4) is 0 Å². The molecule has 0 bridgehead atoms. The fourth-order valence-corrected chi connectivity index (χ4v) is 3.81. The monoisotopic (exact) mass is 430 g/mol. The number of carbonyl (C=O) groups is 2. The summed E-state index contributed by atoms with van der Waals surface area (Å²) in [5.41, 5.74) is 1.96. The maximum atomic E-state index is 14.5. The zero-order valence-electron chi connectivity index (χ0n) is 17.9. The quantitative estimate of drug-likeness (QED) is 0.513. The maximum Gasteiger partial charge on any atom is 0.282 e. The summed E-state index contributed by atoms with van der Waals surface area (Å²) in [6, 6.07) is 22.4. The number of para-hydroxylation sites is 1. The summed E-state index contributed by atoms with van der Waals surface area (Å²) < 4.78 is 20.0. The summed E-state index contributed by atoms with van der Waals surface area (Å²) in [5, 5.41) is 0. The number of rotatable bonds is 7. The Hall–Kier alpha value is -3.93. The Kier molecular flexibility index (Phi) is 6.03. The van der Waals surface area contributed by atoms with Crippen LogP contribution in [0.15, 0.2) is 84.6 Å². The van der Waals surface area contributed by atoms with E-state index in [2.05, 4.69) is 0 Å². The lowest BCUT2D eigenvalue weighted by Crippen LogP contribution is -2.34. The zero-order valence-corrected chi connectivity index (χ0v) is 17.9. The summed E-state index contributed by atoms with van der Waals surface area (Å²) in [5.74, 6) is -1.08. The van der Waals surface area contributed by atoms with Crippen LogP contribution >= 0.6 is 0 Å². The van der Waals surface area contributed by atoms with Crippen molar-refractivity contribution in [3.63, 3.8) is 0 Å². The minimum atomic E-state index is -0.632. The first-order chi connectivity index (χ1) is 15.5. The molecule has 5 nitrogen and oxygen atoms in total. The van der Waals surface area contributed by atoms with Crippen LogP contribution in [0.2, 0.25) is 0 Å². The van der Waals surface area contributed by atoms with E-state index in [1.165, 1.54) is 18.2 Å². The first-order valence-corrected chi connectivity index (χ1v) is 10.4. The zero-order chi connectivity index (χ0) is 22.7. The molecule has 1 aliphatic heterocycles. The van der Waals surface area contributed by atoms with Gasteiger partial charge in [-0.1, -0.05) is 54.6 Å². The molecule has 0 fully saturated rings. The molecule has 0 radical (unpaired) electrons. The summed E-state index contributed by atoms with van der Waals surface area (Å²) in [7, 11) is 1.76. The number of hydrogen-bond donors (Lipinski definition) is 0. The van der Waals surface area contributed by atoms with Gasteiger partial charge < -0.3 is 9.64 Å². The lowest BCUT2D eigenvalue weighted by Gasteiger charge is -2.21. The normalized spacial score (nSPS) is 13.7.